The molecular weight excluding hydrogens is 292 g/mol. The molecule has 0 spiro atoms. The molecule has 0 bridgehead atoms. The van der Waals surface area contributed by atoms with Crippen molar-refractivity contribution >= 4 is 21.9 Å². The molecule has 0 aliphatic carbocycles. The molecule has 104 valence electrons. The third-order valence-corrected chi connectivity index (χ3v) is 3.39. The minimum atomic E-state index is -0.419. The van der Waals surface area contributed by atoms with Crippen LogP contribution in [0.5, 0.6) is 0 Å². The topological polar surface area (TPSA) is 26.3 Å². The Kier molecular flexibility index (Phi) is 8.25. The fraction of sp³-hybridized carbons (Fsp3) is 0.667. The van der Waals surface area contributed by atoms with E-state index in [1.807, 2.05) is 26.8 Å². The lowest BCUT2D eigenvalue weighted by molar-refractivity contribution is -0.151. The lowest BCUT2D eigenvalue weighted by atomic mass is 9.97. The summed E-state index contributed by atoms with van der Waals surface area (Å²) in [6.45, 7) is 10.1. The normalized spacial score (nSPS) is 13.7. The van der Waals surface area contributed by atoms with E-state index in [1.54, 1.807) is 0 Å². The Labute approximate surface area is 120 Å². The third kappa shape index (κ3) is 8.51. The molecule has 0 N–H and O–H groups in total. The van der Waals surface area contributed by atoms with Crippen molar-refractivity contribution in [3.8, 4) is 0 Å². The molecule has 0 heterocycles. The minimum absolute atomic E-state index is 0.151. The van der Waals surface area contributed by atoms with E-state index in [1.165, 1.54) is 11.1 Å². The highest BCUT2D eigenvalue weighted by Gasteiger charge is 2.22. The van der Waals surface area contributed by atoms with Crippen LogP contribution in [-0.2, 0) is 9.53 Å². The number of hydrogen-bond acceptors (Lipinski definition) is 2. The summed E-state index contributed by atoms with van der Waals surface area (Å²) in [6.07, 6.45) is 6.26. The molecule has 0 rings (SSSR count). The largest absolute Gasteiger partial charge is 0.461 e. The van der Waals surface area contributed by atoms with E-state index in [9.17, 15) is 4.79 Å². The summed E-state index contributed by atoms with van der Waals surface area (Å²) >= 11 is 3.42. The van der Waals surface area contributed by atoms with E-state index in [-0.39, 0.29) is 5.97 Å². The van der Waals surface area contributed by atoms with Crippen molar-refractivity contribution < 1.29 is 9.53 Å². The predicted octanol–water partition coefficient (Wildman–Crippen LogP) is 4.64. The Hall–Kier alpha value is -0.570. The van der Waals surface area contributed by atoms with Gasteiger partial charge >= 0.3 is 5.97 Å². The van der Waals surface area contributed by atoms with Gasteiger partial charge in [0.05, 0.1) is 5.41 Å². The third-order valence-electron chi connectivity index (χ3n) is 2.50. The number of ether oxygens (including phenoxy) is 1. The molecule has 3 heteroatoms. The minimum Gasteiger partial charge on any atom is -0.461 e. The summed E-state index contributed by atoms with van der Waals surface area (Å²) < 4.78 is 5.19. The second-order valence-electron chi connectivity index (χ2n) is 5.62. The van der Waals surface area contributed by atoms with Crippen molar-refractivity contribution in [2.24, 2.45) is 5.41 Å². The first-order chi connectivity index (χ1) is 8.27. The zero-order valence-electron chi connectivity index (χ0n) is 12.2. The highest BCUT2D eigenvalue weighted by molar-refractivity contribution is 9.09. The molecule has 18 heavy (non-hydrogen) atoms. The van der Waals surface area contributed by atoms with Crippen molar-refractivity contribution in [2.75, 3.05) is 11.9 Å². The second-order valence-corrected chi connectivity index (χ2v) is 6.18. The van der Waals surface area contributed by atoms with Crippen LogP contribution in [0.4, 0.5) is 0 Å². The van der Waals surface area contributed by atoms with Gasteiger partial charge in [-0.1, -0.05) is 33.2 Å². The molecule has 0 fully saturated rings. The first-order valence-electron chi connectivity index (χ1n) is 6.32. The van der Waals surface area contributed by atoms with E-state index < -0.39 is 5.41 Å². The number of hydrogen-bond donors (Lipinski definition) is 0. The number of carbonyl (C=O) groups is 1. The number of esters is 1. The van der Waals surface area contributed by atoms with E-state index in [4.69, 9.17) is 4.74 Å². The number of halogens is 1. The molecule has 0 aromatic rings. The highest BCUT2D eigenvalue weighted by Crippen LogP contribution is 2.15. The van der Waals surface area contributed by atoms with Gasteiger partial charge in [-0.2, -0.15) is 0 Å². The Morgan fingerprint density at radius 3 is 2.28 bits per heavy atom. The second kappa shape index (κ2) is 8.52. The maximum Gasteiger partial charge on any atom is 0.311 e. The number of alkyl halides is 1. The molecule has 0 saturated heterocycles. The van der Waals surface area contributed by atoms with Gasteiger partial charge in [0.15, 0.2) is 0 Å². The van der Waals surface area contributed by atoms with Gasteiger partial charge in [-0.25, -0.2) is 0 Å². The lowest BCUT2D eigenvalue weighted by Gasteiger charge is -2.15. The lowest BCUT2D eigenvalue weighted by Crippen LogP contribution is -2.22. The van der Waals surface area contributed by atoms with Crippen molar-refractivity contribution in [2.45, 2.75) is 47.5 Å². The zero-order valence-corrected chi connectivity index (χ0v) is 13.8. The van der Waals surface area contributed by atoms with Crippen molar-refractivity contribution in [3.05, 3.63) is 23.3 Å². The maximum atomic E-state index is 11.5. The van der Waals surface area contributed by atoms with E-state index in [0.717, 1.165) is 18.2 Å². The quantitative estimate of drug-likeness (QED) is 0.405. The van der Waals surface area contributed by atoms with Crippen LogP contribution in [-0.4, -0.2) is 17.9 Å². The molecule has 0 aliphatic heterocycles. The standard InChI is InChI=1S/C15H25BrO2/c1-12(7-6-8-13(2)11-16)9-10-18-14(17)15(3,4)5/h8-9H,6-7,10-11H2,1-5H3/b12-9+,13-8+. The summed E-state index contributed by atoms with van der Waals surface area (Å²) in [4.78, 5) is 11.5. The fourth-order valence-corrected chi connectivity index (χ4v) is 1.41. The van der Waals surface area contributed by atoms with Gasteiger partial charge in [0.1, 0.15) is 6.61 Å². The van der Waals surface area contributed by atoms with Crippen LogP contribution in [0.15, 0.2) is 23.3 Å². The van der Waals surface area contributed by atoms with Crippen LogP contribution < -0.4 is 0 Å². The van der Waals surface area contributed by atoms with Crippen LogP contribution in [0.3, 0.4) is 0 Å². The molecule has 2 nitrogen and oxygen atoms in total. The molecule has 0 aliphatic rings. The van der Waals surface area contributed by atoms with Gasteiger partial charge in [0.2, 0.25) is 0 Å². The van der Waals surface area contributed by atoms with Crippen molar-refractivity contribution in [1.82, 2.24) is 0 Å². The molecule has 0 atom stereocenters. The Morgan fingerprint density at radius 2 is 1.78 bits per heavy atom. The molecule has 0 unspecified atom stereocenters. The first kappa shape index (κ1) is 17.4. The summed E-state index contributed by atoms with van der Waals surface area (Å²) in [5, 5.41) is 0.930. The average Bonchev–Trinajstić information content (AvgIpc) is 2.27. The molecule has 0 amide bonds. The molecule has 0 aromatic carbocycles. The predicted molar refractivity (Wildman–Crippen MR) is 81.0 cm³/mol. The average molecular weight is 317 g/mol. The molecule has 0 saturated carbocycles. The van der Waals surface area contributed by atoms with E-state index in [2.05, 4.69) is 35.9 Å². The van der Waals surface area contributed by atoms with Crippen molar-refractivity contribution in [3.63, 3.8) is 0 Å². The Balaban J connectivity index is 3.96. The zero-order chi connectivity index (χ0) is 14.2. The van der Waals surface area contributed by atoms with Gasteiger partial charge in [-0.05, 0) is 53.5 Å². The van der Waals surface area contributed by atoms with Crippen LogP contribution in [0.25, 0.3) is 0 Å². The van der Waals surface area contributed by atoms with Gasteiger partial charge in [0.25, 0.3) is 0 Å². The Morgan fingerprint density at radius 1 is 1.17 bits per heavy atom. The Bertz CT molecular complexity index is 322. The van der Waals surface area contributed by atoms with E-state index >= 15 is 0 Å². The monoisotopic (exact) mass is 316 g/mol. The van der Waals surface area contributed by atoms with Gasteiger partial charge in [-0.3, -0.25) is 4.79 Å². The number of rotatable bonds is 6. The van der Waals surface area contributed by atoms with Gasteiger partial charge in [0, 0.05) is 5.33 Å². The maximum absolute atomic E-state index is 11.5. The SMILES string of the molecule is C/C(=C\CC/C(C)=C/COC(=O)C(C)(C)C)CBr. The van der Waals surface area contributed by atoms with Crippen LogP contribution >= 0.6 is 15.9 Å². The van der Waals surface area contributed by atoms with Crippen LogP contribution in [0.1, 0.15) is 47.5 Å². The van der Waals surface area contributed by atoms with Crippen molar-refractivity contribution in [1.29, 1.82) is 0 Å². The molecular formula is C15H25BrO2. The van der Waals surface area contributed by atoms with Crippen LogP contribution in [0, 0.1) is 5.41 Å². The van der Waals surface area contributed by atoms with Gasteiger partial charge < -0.3 is 4.74 Å². The first-order valence-corrected chi connectivity index (χ1v) is 7.44. The smallest absolute Gasteiger partial charge is 0.311 e. The van der Waals surface area contributed by atoms with Crippen LogP contribution in [0.2, 0.25) is 0 Å². The summed E-state index contributed by atoms with van der Waals surface area (Å²) in [5.41, 5.74) is 2.19. The number of carbonyl (C=O) groups excluding carboxylic acids is 1. The fourth-order valence-electron chi connectivity index (χ4n) is 1.18. The van der Waals surface area contributed by atoms with Gasteiger partial charge in [-0.15, -0.1) is 0 Å². The highest BCUT2D eigenvalue weighted by atomic mass is 79.9. The summed E-state index contributed by atoms with van der Waals surface area (Å²) in [6, 6.07) is 0. The number of allylic oxidation sites excluding steroid dienone is 3. The summed E-state index contributed by atoms with van der Waals surface area (Å²) in [5.74, 6) is -0.151. The summed E-state index contributed by atoms with van der Waals surface area (Å²) in [7, 11) is 0. The van der Waals surface area contributed by atoms with E-state index in [0.29, 0.717) is 6.61 Å². The molecule has 0 aromatic heterocycles. The molecule has 0 radical (unpaired) electrons.